The zero-order chi connectivity index (χ0) is 16.2. The van der Waals surface area contributed by atoms with Crippen molar-refractivity contribution in [3.8, 4) is 17.2 Å². The van der Waals surface area contributed by atoms with Crippen molar-refractivity contribution in [2.75, 3.05) is 26.5 Å². The molecule has 0 unspecified atom stereocenters. The van der Waals surface area contributed by atoms with Gasteiger partial charge in [0.25, 0.3) is 0 Å². The zero-order valence-corrected chi connectivity index (χ0v) is 13.2. The van der Waals surface area contributed by atoms with Crippen LogP contribution < -0.4 is 14.8 Å². The van der Waals surface area contributed by atoms with Crippen molar-refractivity contribution in [2.24, 2.45) is 0 Å². The van der Waals surface area contributed by atoms with Crippen LogP contribution in [0.4, 0.5) is 4.79 Å². The Morgan fingerprint density at radius 2 is 2.22 bits per heavy atom. The van der Waals surface area contributed by atoms with Gasteiger partial charge in [-0.15, -0.1) is 0 Å². The molecular formula is C16H22N2O5. The van der Waals surface area contributed by atoms with Crippen LogP contribution in [0.25, 0.3) is 0 Å². The molecule has 1 aromatic rings. The first-order valence-electron chi connectivity index (χ1n) is 7.93. The molecule has 1 fully saturated rings. The molecule has 0 bridgehead atoms. The van der Waals surface area contributed by atoms with E-state index in [1.807, 2.05) is 6.07 Å². The lowest BCUT2D eigenvalue weighted by molar-refractivity contribution is 0.132. The molecule has 1 atom stereocenters. The molecule has 0 aromatic heterocycles. The van der Waals surface area contributed by atoms with E-state index in [1.165, 1.54) is 0 Å². The number of carbonyl (C=O) groups excluding carboxylic acids is 1. The van der Waals surface area contributed by atoms with Gasteiger partial charge in [-0.3, -0.25) is 4.90 Å². The number of carbonyl (C=O) groups is 1. The van der Waals surface area contributed by atoms with Crippen LogP contribution in [0.15, 0.2) is 12.1 Å². The van der Waals surface area contributed by atoms with Crippen LogP contribution in [-0.4, -0.2) is 48.6 Å². The summed E-state index contributed by atoms with van der Waals surface area (Å²) in [6, 6.07) is 3.48. The summed E-state index contributed by atoms with van der Waals surface area (Å²) >= 11 is 0. The number of rotatable bonds is 4. The van der Waals surface area contributed by atoms with Crippen LogP contribution in [0, 0.1) is 0 Å². The van der Waals surface area contributed by atoms with E-state index in [2.05, 4.69) is 10.2 Å². The van der Waals surface area contributed by atoms with Gasteiger partial charge < -0.3 is 24.6 Å². The summed E-state index contributed by atoms with van der Waals surface area (Å²) in [7, 11) is 0. The number of phenolic OH excluding ortho intramolecular Hbond substituents is 1. The van der Waals surface area contributed by atoms with E-state index in [4.69, 9.17) is 14.2 Å². The predicted octanol–water partition coefficient (Wildman–Crippen LogP) is 1.83. The number of phenols is 1. The van der Waals surface area contributed by atoms with Gasteiger partial charge in [-0.05, 0) is 32.4 Å². The molecule has 2 N–H and O–H groups in total. The maximum Gasteiger partial charge on any atom is 0.407 e. The van der Waals surface area contributed by atoms with Gasteiger partial charge in [0, 0.05) is 30.8 Å². The second kappa shape index (κ2) is 6.95. The van der Waals surface area contributed by atoms with Gasteiger partial charge in [-0.2, -0.15) is 0 Å². The van der Waals surface area contributed by atoms with Crippen molar-refractivity contribution >= 4 is 6.09 Å². The van der Waals surface area contributed by atoms with Crippen LogP contribution in [0.5, 0.6) is 17.2 Å². The van der Waals surface area contributed by atoms with E-state index in [0.717, 1.165) is 31.5 Å². The molecular weight excluding hydrogens is 300 g/mol. The third kappa shape index (κ3) is 3.79. The van der Waals surface area contributed by atoms with Crippen molar-refractivity contribution in [3.63, 3.8) is 0 Å². The summed E-state index contributed by atoms with van der Waals surface area (Å²) in [5.41, 5.74) is 0.797. The largest absolute Gasteiger partial charge is 0.507 e. The first-order valence-corrected chi connectivity index (χ1v) is 7.93. The Balaban J connectivity index is 1.60. The standard InChI is InChI=1S/C16H22N2O5/c1-2-21-16(20)17-12-4-3-5-18(9-12)8-11-6-14-15(7-13(11)19)23-10-22-14/h6-7,12,19H,2-5,8-10H2,1H3,(H,17,20)/t12-/m1/s1. The van der Waals surface area contributed by atoms with Crippen LogP contribution in [0.3, 0.4) is 0 Å². The number of alkyl carbamates (subject to hydrolysis) is 1. The van der Waals surface area contributed by atoms with Crippen molar-refractivity contribution < 1.29 is 24.1 Å². The van der Waals surface area contributed by atoms with Crippen LogP contribution >= 0.6 is 0 Å². The minimum Gasteiger partial charge on any atom is -0.507 e. The Labute approximate surface area is 135 Å². The molecule has 2 heterocycles. The summed E-state index contributed by atoms with van der Waals surface area (Å²) < 4.78 is 15.5. The lowest BCUT2D eigenvalue weighted by atomic mass is 10.0. The zero-order valence-electron chi connectivity index (χ0n) is 13.2. The number of ether oxygens (including phenoxy) is 3. The average Bonchev–Trinajstić information content (AvgIpc) is 2.95. The molecule has 1 aromatic carbocycles. The SMILES string of the molecule is CCOC(=O)N[C@@H]1CCCN(Cc2cc3c(cc2O)OCO3)C1. The summed E-state index contributed by atoms with van der Waals surface area (Å²) in [5.74, 6) is 1.44. The molecule has 1 saturated heterocycles. The number of nitrogens with zero attached hydrogens (tertiary/aromatic N) is 1. The van der Waals surface area contributed by atoms with Crippen LogP contribution in [0.1, 0.15) is 25.3 Å². The highest BCUT2D eigenvalue weighted by atomic mass is 16.7. The van der Waals surface area contributed by atoms with Crippen LogP contribution in [0.2, 0.25) is 0 Å². The molecule has 0 saturated carbocycles. The molecule has 7 heteroatoms. The first kappa shape index (κ1) is 15.7. The molecule has 126 valence electrons. The maximum absolute atomic E-state index is 11.5. The van der Waals surface area contributed by atoms with Gasteiger partial charge >= 0.3 is 6.09 Å². The van der Waals surface area contributed by atoms with Gasteiger partial charge in [-0.25, -0.2) is 4.79 Å². The number of aromatic hydroxyl groups is 1. The van der Waals surface area contributed by atoms with Gasteiger partial charge in [0.2, 0.25) is 6.79 Å². The molecule has 2 aliphatic heterocycles. The van der Waals surface area contributed by atoms with E-state index >= 15 is 0 Å². The summed E-state index contributed by atoms with van der Waals surface area (Å²) in [6.45, 7) is 4.60. The smallest absolute Gasteiger partial charge is 0.407 e. The molecule has 0 radical (unpaired) electrons. The topological polar surface area (TPSA) is 80.3 Å². The van der Waals surface area contributed by atoms with E-state index in [0.29, 0.717) is 24.7 Å². The third-order valence-corrected chi connectivity index (χ3v) is 4.07. The Morgan fingerprint density at radius 1 is 1.43 bits per heavy atom. The van der Waals surface area contributed by atoms with Gasteiger partial charge in [-0.1, -0.05) is 0 Å². The Hall–Kier alpha value is -2.15. The highest BCUT2D eigenvalue weighted by Gasteiger charge is 2.24. The van der Waals surface area contributed by atoms with Crippen LogP contribution in [-0.2, 0) is 11.3 Å². The Kier molecular flexibility index (Phi) is 4.76. The molecule has 2 aliphatic rings. The fourth-order valence-electron chi connectivity index (χ4n) is 3.00. The monoisotopic (exact) mass is 322 g/mol. The predicted molar refractivity (Wildman–Crippen MR) is 82.7 cm³/mol. The minimum atomic E-state index is -0.370. The molecule has 23 heavy (non-hydrogen) atoms. The number of amides is 1. The fourth-order valence-corrected chi connectivity index (χ4v) is 3.00. The van der Waals surface area contributed by atoms with Gasteiger partial charge in [0.15, 0.2) is 11.5 Å². The normalized spacial score (nSPS) is 20.3. The number of benzene rings is 1. The van der Waals surface area contributed by atoms with Crippen molar-refractivity contribution in [1.82, 2.24) is 10.2 Å². The van der Waals surface area contributed by atoms with Crippen molar-refractivity contribution in [2.45, 2.75) is 32.4 Å². The van der Waals surface area contributed by atoms with E-state index in [9.17, 15) is 9.90 Å². The second-order valence-corrected chi connectivity index (χ2v) is 5.77. The minimum absolute atomic E-state index is 0.0685. The molecule has 7 nitrogen and oxygen atoms in total. The first-order chi connectivity index (χ1) is 11.2. The average molecular weight is 322 g/mol. The fraction of sp³-hybridized carbons (Fsp3) is 0.562. The van der Waals surface area contributed by atoms with E-state index in [-0.39, 0.29) is 24.7 Å². The number of hydrogen-bond acceptors (Lipinski definition) is 6. The third-order valence-electron chi connectivity index (χ3n) is 4.07. The summed E-state index contributed by atoms with van der Waals surface area (Å²) in [4.78, 5) is 13.7. The highest BCUT2D eigenvalue weighted by Crippen LogP contribution is 2.38. The molecule has 3 rings (SSSR count). The number of likely N-dealkylation sites (tertiary alicyclic amines) is 1. The summed E-state index contributed by atoms with van der Waals surface area (Å²) in [6.07, 6.45) is 1.55. The molecule has 0 aliphatic carbocycles. The van der Waals surface area contributed by atoms with E-state index in [1.54, 1.807) is 13.0 Å². The number of piperidine rings is 1. The number of hydrogen-bond donors (Lipinski definition) is 2. The second-order valence-electron chi connectivity index (χ2n) is 5.77. The van der Waals surface area contributed by atoms with Gasteiger partial charge in [0.1, 0.15) is 5.75 Å². The lowest BCUT2D eigenvalue weighted by Gasteiger charge is -2.33. The van der Waals surface area contributed by atoms with E-state index < -0.39 is 0 Å². The Bertz CT molecular complexity index is 578. The lowest BCUT2D eigenvalue weighted by Crippen LogP contribution is -2.47. The number of nitrogens with one attached hydrogen (secondary N) is 1. The maximum atomic E-state index is 11.5. The Morgan fingerprint density at radius 3 is 3.00 bits per heavy atom. The summed E-state index contributed by atoms with van der Waals surface area (Å²) in [5, 5.41) is 13.0. The molecule has 0 spiro atoms. The van der Waals surface area contributed by atoms with Crippen molar-refractivity contribution in [3.05, 3.63) is 17.7 Å². The van der Waals surface area contributed by atoms with Crippen molar-refractivity contribution in [1.29, 1.82) is 0 Å². The molecule has 1 amide bonds. The van der Waals surface area contributed by atoms with Gasteiger partial charge in [0.05, 0.1) is 6.61 Å². The number of fused-ring (bicyclic) bond motifs is 1. The highest BCUT2D eigenvalue weighted by molar-refractivity contribution is 5.67. The quantitative estimate of drug-likeness (QED) is 0.880.